The number of rotatable bonds is 25. The summed E-state index contributed by atoms with van der Waals surface area (Å²) in [6.07, 6.45) is 1.99. The molecule has 0 aromatic rings. The Bertz CT molecular complexity index is 1240. The molecule has 22 nitrogen and oxygen atoms in total. The number of amides is 7. The van der Waals surface area contributed by atoms with E-state index in [4.69, 9.17) is 22.9 Å². The van der Waals surface area contributed by atoms with Gasteiger partial charge in [-0.3, -0.25) is 38.6 Å². The van der Waals surface area contributed by atoms with Crippen LogP contribution >= 0.6 is 0 Å². The van der Waals surface area contributed by atoms with Crippen LogP contribution in [-0.4, -0.2) is 133 Å². The summed E-state index contributed by atoms with van der Waals surface area (Å²) in [5, 5.41) is 36.2. The zero-order valence-electron chi connectivity index (χ0n) is 28.4. The number of unbranched alkanes of at least 4 members (excludes halogenated alkanes) is 1. The zero-order chi connectivity index (χ0) is 38.3. The Hall–Kier alpha value is -5.09. The number of nitrogens with one attached hydrogen (secondary N) is 7. The summed E-state index contributed by atoms with van der Waals surface area (Å²) in [7, 11) is 0. The Morgan fingerprint density at radius 3 is 1.84 bits per heavy atom. The molecule has 0 unspecified atom stereocenters. The van der Waals surface area contributed by atoms with Gasteiger partial charge in [-0.05, 0) is 64.5 Å². The second-order valence-electron chi connectivity index (χ2n) is 11.7. The second kappa shape index (κ2) is 24.1. The number of carboxylic acid groups (broad SMARTS) is 1. The Labute approximate surface area is 294 Å². The number of aliphatic hydroxyl groups is 1. The van der Waals surface area contributed by atoms with Gasteiger partial charge in [-0.25, -0.2) is 4.79 Å². The third-order valence-electron chi connectivity index (χ3n) is 7.53. The van der Waals surface area contributed by atoms with E-state index >= 15 is 0 Å². The first kappa shape index (κ1) is 43.9. The summed E-state index contributed by atoms with van der Waals surface area (Å²) in [5.41, 5.74) is 21.2. The van der Waals surface area contributed by atoms with E-state index in [9.17, 15) is 48.6 Å². The van der Waals surface area contributed by atoms with Gasteiger partial charge in [-0.15, -0.1) is 0 Å². The molecule has 0 aromatic carbocycles. The number of carbonyl (C=O) groups excluding carboxylic acids is 7. The average Bonchev–Trinajstić information content (AvgIpc) is 3.63. The summed E-state index contributed by atoms with van der Waals surface area (Å²) < 4.78 is 0. The molecule has 0 bridgehead atoms. The van der Waals surface area contributed by atoms with Crippen molar-refractivity contribution in [2.45, 2.75) is 88.0 Å². The highest BCUT2D eigenvalue weighted by Gasteiger charge is 2.30. The largest absolute Gasteiger partial charge is 0.480 e. The van der Waals surface area contributed by atoms with E-state index in [1.54, 1.807) is 0 Å². The van der Waals surface area contributed by atoms with E-state index in [-0.39, 0.29) is 44.6 Å². The van der Waals surface area contributed by atoms with Gasteiger partial charge in [0.2, 0.25) is 41.4 Å². The van der Waals surface area contributed by atoms with Gasteiger partial charge in [0, 0.05) is 13.0 Å². The molecule has 51 heavy (non-hydrogen) atoms. The molecule has 17 N–H and O–H groups in total. The van der Waals surface area contributed by atoms with Crippen molar-refractivity contribution in [2.75, 3.05) is 39.3 Å². The topological polar surface area (TPSA) is 378 Å². The van der Waals surface area contributed by atoms with Crippen LogP contribution in [0.1, 0.15) is 57.8 Å². The second-order valence-corrected chi connectivity index (χ2v) is 11.7. The van der Waals surface area contributed by atoms with Gasteiger partial charge in [0.05, 0.1) is 25.7 Å². The van der Waals surface area contributed by atoms with E-state index in [1.807, 2.05) is 0 Å². The van der Waals surface area contributed by atoms with Crippen LogP contribution < -0.4 is 60.2 Å². The minimum atomic E-state index is -1.41. The van der Waals surface area contributed by atoms with Gasteiger partial charge in [0.25, 0.3) is 0 Å². The monoisotopic (exact) mass is 728 g/mol. The first-order valence-corrected chi connectivity index (χ1v) is 16.5. The molecule has 0 radical (unpaired) electrons. The Morgan fingerprint density at radius 1 is 0.745 bits per heavy atom. The van der Waals surface area contributed by atoms with Crippen LogP contribution in [0.2, 0.25) is 0 Å². The summed E-state index contributed by atoms with van der Waals surface area (Å²) in [4.78, 5) is 103. The lowest BCUT2D eigenvalue weighted by atomic mass is 10.1. The van der Waals surface area contributed by atoms with Gasteiger partial charge in [-0.1, -0.05) is 0 Å². The molecule has 0 saturated carbocycles. The molecular formula is C29H52N12O10. The van der Waals surface area contributed by atoms with E-state index < -0.39 is 97.2 Å². The molecular weight excluding hydrogens is 676 g/mol. The molecule has 1 aliphatic heterocycles. The predicted molar refractivity (Wildman–Crippen MR) is 181 cm³/mol. The van der Waals surface area contributed by atoms with E-state index in [0.717, 1.165) is 6.42 Å². The zero-order valence-corrected chi connectivity index (χ0v) is 28.4. The van der Waals surface area contributed by atoms with Crippen molar-refractivity contribution < 1.29 is 48.6 Å². The minimum Gasteiger partial charge on any atom is -0.480 e. The summed E-state index contributed by atoms with van der Waals surface area (Å²) in [6, 6.07) is -5.78. The summed E-state index contributed by atoms with van der Waals surface area (Å²) in [5.74, 6) is -6.96. The number of nitrogens with zero attached hydrogens (tertiary/aromatic N) is 1. The Morgan fingerprint density at radius 2 is 1.33 bits per heavy atom. The van der Waals surface area contributed by atoms with E-state index in [1.165, 1.54) is 0 Å². The van der Waals surface area contributed by atoms with Crippen LogP contribution in [0.15, 0.2) is 4.99 Å². The normalized spacial score (nSPS) is 15.9. The number of guanidine groups is 1. The maximum atomic E-state index is 13.0. The fraction of sp³-hybridized carbons (Fsp3) is 0.690. The number of aliphatic imine (C=N–C) groups is 1. The number of hydrogen-bond acceptors (Lipinski definition) is 12. The summed E-state index contributed by atoms with van der Waals surface area (Å²) in [6.45, 7) is -0.994. The lowest BCUT2D eigenvalue weighted by molar-refractivity contribution is -0.142. The fourth-order valence-corrected chi connectivity index (χ4v) is 4.80. The van der Waals surface area contributed by atoms with Crippen molar-refractivity contribution in [2.24, 2.45) is 27.9 Å². The van der Waals surface area contributed by atoms with Crippen molar-refractivity contribution in [1.29, 1.82) is 0 Å². The van der Waals surface area contributed by atoms with Gasteiger partial charge in [-0.2, -0.15) is 0 Å². The van der Waals surface area contributed by atoms with Crippen LogP contribution in [0, 0.1) is 0 Å². The molecule has 0 aliphatic carbocycles. The van der Waals surface area contributed by atoms with Crippen molar-refractivity contribution in [3.63, 3.8) is 0 Å². The Balaban J connectivity index is 2.79. The van der Waals surface area contributed by atoms with E-state index in [0.29, 0.717) is 32.4 Å². The standard InChI is InChI=1S/C29H52N12O10/c30-10-2-1-5-17(24(46)36-14-23(45)39-19(28(50)51)7-4-12-35-29(32)33)38-22(44)13-37-25(47)18(8-9-21(31)43)40-27(49)20(15-42)41-26(48)16-6-3-11-34-16/h16-20,34,42H,1-15,30H2,(H2,31,43)(H,36,46)(H,37,47)(H,38,44)(H,39,45)(H,40,49)(H,41,48)(H,50,51)(H4,32,33,35)/t16-,17-,18+,19-,20-/m0/s1. The van der Waals surface area contributed by atoms with Crippen LogP contribution in [0.3, 0.4) is 0 Å². The average molecular weight is 729 g/mol. The molecule has 288 valence electrons. The van der Waals surface area contributed by atoms with Gasteiger partial charge < -0.3 is 70.4 Å². The highest BCUT2D eigenvalue weighted by atomic mass is 16.4. The predicted octanol–water partition coefficient (Wildman–Crippen LogP) is -6.57. The first-order valence-electron chi connectivity index (χ1n) is 16.5. The van der Waals surface area contributed by atoms with Crippen LogP contribution in [-0.2, 0) is 38.4 Å². The number of primary amides is 1. The molecule has 1 saturated heterocycles. The minimum absolute atomic E-state index is 0.0130. The highest BCUT2D eigenvalue weighted by molar-refractivity contribution is 5.95. The van der Waals surface area contributed by atoms with Crippen molar-refractivity contribution in [1.82, 2.24) is 37.2 Å². The number of carboxylic acids is 1. The maximum Gasteiger partial charge on any atom is 0.326 e. The lowest BCUT2D eigenvalue weighted by Crippen LogP contribution is -2.57. The molecule has 0 spiro atoms. The summed E-state index contributed by atoms with van der Waals surface area (Å²) >= 11 is 0. The smallest absolute Gasteiger partial charge is 0.326 e. The number of nitrogens with two attached hydrogens (primary N) is 4. The van der Waals surface area contributed by atoms with Gasteiger partial charge in [0.15, 0.2) is 5.96 Å². The van der Waals surface area contributed by atoms with Crippen LogP contribution in [0.5, 0.6) is 0 Å². The first-order chi connectivity index (χ1) is 24.2. The third-order valence-corrected chi connectivity index (χ3v) is 7.53. The quantitative estimate of drug-likeness (QED) is 0.0236. The number of carbonyl (C=O) groups is 8. The molecule has 1 aliphatic rings. The highest BCUT2D eigenvalue weighted by Crippen LogP contribution is 2.06. The van der Waals surface area contributed by atoms with Crippen molar-refractivity contribution in [3.8, 4) is 0 Å². The number of hydrogen-bond donors (Lipinski definition) is 13. The molecule has 1 rings (SSSR count). The Kier molecular flexibility index (Phi) is 20.8. The molecule has 1 fully saturated rings. The SMILES string of the molecule is NCCCC[C@H](NC(=O)CNC(=O)[C@@H](CCC(N)=O)NC(=O)[C@H](CO)NC(=O)[C@@H]1CCCN1)C(=O)NCC(=O)N[C@@H](CCCN=C(N)N)C(=O)O. The van der Waals surface area contributed by atoms with Crippen LogP contribution in [0.4, 0.5) is 0 Å². The van der Waals surface area contributed by atoms with Gasteiger partial charge >= 0.3 is 5.97 Å². The number of aliphatic hydroxyl groups excluding tert-OH is 1. The lowest BCUT2D eigenvalue weighted by Gasteiger charge is -2.23. The maximum absolute atomic E-state index is 13.0. The van der Waals surface area contributed by atoms with Gasteiger partial charge in [0.1, 0.15) is 24.2 Å². The van der Waals surface area contributed by atoms with Crippen molar-refractivity contribution >= 4 is 53.3 Å². The molecule has 22 heteroatoms. The van der Waals surface area contributed by atoms with E-state index in [2.05, 4.69) is 42.2 Å². The fourth-order valence-electron chi connectivity index (χ4n) is 4.80. The number of aliphatic carboxylic acids is 1. The molecule has 0 aromatic heterocycles. The molecule has 5 atom stereocenters. The third kappa shape index (κ3) is 18.5. The van der Waals surface area contributed by atoms with Crippen molar-refractivity contribution in [3.05, 3.63) is 0 Å². The molecule has 7 amide bonds. The van der Waals surface area contributed by atoms with Crippen LogP contribution in [0.25, 0.3) is 0 Å². The molecule has 1 heterocycles.